The predicted octanol–water partition coefficient (Wildman–Crippen LogP) is 3.87. The molecule has 8 heteroatoms. The summed E-state index contributed by atoms with van der Waals surface area (Å²) >= 11 is 0. The minimum atomic E-state index is -5.02. The van der Waals surface area contributed by atoms with Gasteiger partial charge in [-0.15, -0.1) is 0 Å². The van der Waals surface area contributed by atoms with E-state index in [4.69, 9.17) is 0 Å². The topological polar surface area (TPSA) is 79.2 Å². The Kier molecular flexibility index (Phi) is 3.56. The van der Waals surface area contributed by atoms with E-state index in [-0.39, 0.29) is 22.2 Å². The first kappa shape index (κ1) is 16.0. The summed E-state index contributed by atoms with van der Waals surface area (Å²) in [5.41, 5.74) is -4.25. The van der Waals surface area contributed by atoms with Gasteiger partial charge >= 0.3 is 6.18 Å². The van der Waals surface area contributed by atoms with Crippen molar-refractivity contribution in [3.05, 3.63) is 76.0 Å². The summed E-state index contributed by atoms with van der Waals surface area (Å²) in [6.07, 6.45) is -4.00. The van der Waals surface area contributed by atoms with Gasteiger partial charge in [-0.05, 0) is 11.6 Å². The second-order valence-corrected chi connectivity index (χ2v) is 5.26. The molecule has 5 nitrogen and oxygen atoms in total. The van der Waals surface area contributed by atoms with Crippen LogP contribution in [0.3, 0.4) is 0 Å². The number of nitro benzene ring substituents is 1. The van der Waals surface area contributed by atoms with Gasteiger partial charge in [0.2, 0.25) is 5.60 Å². The number of alkyl halides is 3. The van der Waals surface area contributed by atoms with E-state index in [9.17, 15) is 28.4 Å². The number of nitro groups is 1. The zero-order valence-corrected chi connectivity index (χ0v) is 12.0. The van der Waals surface area contributed by atoms with Gasteiger partial charge < -0.3 is 10.1 Å². The third-order valence-corrected chi connectivity index (χ3v) is 3.87. The third-order valence-electron chi connectivity index (χ3n) is 3.87. The summed E-state index contributed by atoms with van der Waals surface area (Å²) in [5, 5.41) is 21.4. The van der Waals surface area contributed by atoms with Gasteiger partial charge in [-0.3, -0.25) is 10.1 Å². The van der Waals surface area contributed by atoms with Gasteiger partial charge in [-0.1, -0.05) is 30.3 Å². The summed E-state index contributed by atoms with van der Waals surface area (Å²) in [6, 6.07) is 10.1. The zero-order chi connectivity index (χ0) is 17.5. The number of hydrogen-bond acceptors (Lipinski definition) is 3. The molecule has 0 aliphatic heterocycles. The molecular weight excluding hydrogens is 325 g/mol. The van der Waals surface area contributed by atoms with Gasteiger partial charge in [0.15, 0.2) is 0 Å². The Hall–Kier alpha value is -2.87. The number of hydrogen-bond donors (Lipinski definition) is 2. The Morgan fingerprint density at radius 2 is 1.75 bits per heavy atom. The van der Waals surface area contributed by atoms with E-state index in [0.717, 1.165) is 24.4 Å². The molecule has 0 amide bonds. The van der Waals surface area contributed by atoms with E-state index in [0.29, 0.717) is 0 Å². The maximum Gasteiger partial charge on any atom is 0.425 e. The Morgan fingerprint density at radius 3 is 2.33 bits per heavy atom. The average molecular weight is 336 g/mol. The summed E-state index contributed by atoms with van der Waals surface area (Å²) in [6.45, 7) is 0. The number of non-ortho nitro benzene ring substituents is 1. The molecule has 124 valence electrons. The molecule has 0 fully saturated rings. The van der Waals surface area contributed by atoms with E-state index >= 15 is 0 Å². The zero-order valence-electron chi connectivity index (χ0n) is 12.0. The van der Waals surface area contributed by atoms with Gasteiger partial charge in [-0.2, -0.15) is 13.2 Å². The predicted molar refractivity (Wildman–Crippen MR) is 80.4 cm³/mol. The lowest BCUT2D eigenvalue weighted by atomic mass is 9.85. The van der Waals surface area contributed by atoms with E-state index in [1.165, 1.54) is 30.3 Å². The van der Waals surface area contributed by atoms with Crippen LogP contribution in [0.4, 0.5) is 18.9 Å². The van der Waals surface area contributed by atoms with Gasteiger partial charge in [-0.25, -0.2) is 0 Å². The molecule has 3 aromatic rings. The highest BCUT2D eigenvalue weighted by Crippen LogP contribution is 2.46. The van der Waals surface area contributed by atoms with Crippen molar-refractivity contribution < 1.29 is 23.2 Å². The second-order valence-electron chi connectivity index (χ2n) is 5.26. The monoisotopic (exact) mass is 336 g/mol. The van der Waals surface area contributed by atoms with Crippen molar-refractivity contribution in [2.75, 3.05) is 0 Å². The Labute approximate surface area is 133 Å². The molecule has 1 atom stereocenters. The van der Waals surface area contributed by atoms with Gasteiger partial charge in [0, 0.05) is 34.8 Å². The summed E-state index contributed by atoms with van der Waals surface area (Å²) in [7, 11) is 0. The number of nitrogens with one attached hydrogen (secondary N) is 1. The van der Waals surface area contributed by atoms with Crippen LogP contribution in [-0.2, 0) is 5.60 Å². The van der Waals surface area contributed by atoms with Crippen LogP contribution in [0, 0.1) is 10.1 Å². The molecule has 2 N–H and O–H groups in total. The van der Waals surface area contributed by atoms with Crippen molar-refractivity contribution in [3.63, 3.8) is 0 Å². The number of aromatic nitrogens is 1. The maximum absolute atomic E-state index is 13.7. The average Bonchev–Trinajstić information content (AvgIpc) is 2.97. The van der Waals surface area contributed by atoms with Crippen LogP contribution in [0.25, 0.3) is 10.9 Å². The molecule has 1 aromatic heterocycles. The van der Waals surface area contributed by atoms with E-state index in [1.807, 2.05) is 0 Å². The van der Waals surface area contributed by atoms with Crippen LogP contribution >= 0.6 is 0 Å². The van der Waals surface area contributed by atoms with E-state index in [2.05, 4.69) is 4.98 Å². The van der Waals surface area contributed by atoms with Crippen molar-refractivity contribution in [1.29, 1.82) is 0 Å². The normalized spacial score (nSPS) is 14.5. The highest BCUT2D eigenvalue weighted by Gasteiger charge is 2.57. The van der Waals surface area contributed by atoms with Crippen molar-refractivity contribution in [2.24, 2.45) is 0 Å². The van der Waals surface area contributed by atoms with Crippen molar-refractivity contribution in [3.8, 4) is 0 Å². The lowest BCUT2D eigenvalue weighted by molar-refractivity contribution is -0.384. The number of aromatic amines is 1. The highest BCUT2D eigenvalue weighted by molar-refractivity contribution is 5.87. The molecular formula is C16H11F3N2O3. The Bertz CT molecular complexity index is 906. The van der Waals surface area contributed by atoms with Gasteiger partial charge in [0.05, 0.1) is 4.92 Å². The number of nitrogens with zero attached hydrogens (tertiary/aromatic N) is 1. The minimum Gasteiger partial charge on any atom is -0.372 e. The first-order valence-corrected chi connectivity index (χ1v) is 6.86. The molecule has 0 saturated carbocycles. The second kappa shape index (κ2) is 5.34. The number of benzene rings is 2. The lowest BCUT2D eigenvalue weighted by Crippen LogP contribution is -2.43. The fraction of sp³-hybridized carbons (Fsp3) is 0.125. The standard InChI is InChI=1S/C16H11F3N2O3/c17-16(18,19)15(22,10-4-2-1-3-5-10)13-9-20-14-7-6-11(21(23)24)8-12(13)14/h1-9,20,22H. The largest absolute Gasteiger partial charge is 0.425 e. The first-order valence-electron chi connectivity index (χ1n) is 6.86. The number of halogens is 3. The number of fused-ring (bicyclic) bond motifs is 1. The highest BCUT2D eigenvalue weighted by atomic mass is 19.4. The summed E-state index contributed by atoms with van der Waals surface area (Å²) in [4.78, 5) is 12.8. The third kappa shape index (κ3) is 2.31. The van der Waals surface area contributed by atoms with Crippen molar-refractivity contribution in [1.82, 2.24) is 4.98 Å². The van der Waals surface area contributed by atoms with Crippen molar-refractivity contribution >= 4 is 16.6 Å². The van der Waals surface area contributed by atoms with Gasteiger partial charge in [0.1, 0.15) is 0 Å². The number of aliphatic hydroxyl groups is 1. The molecule has 0 radical (unpaired) electrons. The Morgan fingerprint density at radius 1 is 1.08 bits per heavy atom. The molecule has 2 aromatic carbocycles. The molecule has 0 bridgehead atoms. The first-order chi connectivity index (χ1) is 11.2. The van der Waals surface area contributed by atoms with E-state index in [1.54, 1.807) is 0 Å². The SMILES string of the molecule is O=[N+]([O-])c1ccc2[nH]cc(C(O)(c3ccccc3)C(F)(F)F)c2c1. The molecule has 1 heterocycles. The maximum atomic E-state index is 13.7. The molecule has 24 heavy (non-hydrogen) atoms. The molecule has 1 unspecified atom stereocenters. The molecule has 0 aliphatic carbocycles. The number of H-pyrrole nitrogens is 1. The number of rotatable bonds is 3. The lowest BCUT2D eigenvalue weighted by Gasteiger charge is -2.30. The summed E-state index contributed by atoms with van der Waals surface area (Å²) in [5.74, 6) is 0. The van der Waals surface area contributed by atoms with Crippen molar-refractivity contribution in [2.45, 2.75) is 11.8 Å². The molecule has 0 saturated heterocycles. The van der Waals surface area contributed by atoms with Crippen LogP contribution in [0.15, 0.2) is 54.7 Å². The van der Waals surface area contributed by atoms with Crippen LogP contribution in [-0.4, -0.2) is 21.2 Å². The van der Waals surface area contributed by atoms with Crippen LogP contribution in [0.1, 0.15) is 11.1 Å². The van der Waals surface area contributed by atoms with Crippen LogP contribution in [0.5, 0.6) is 0 Å². The fourth-order valence-corrected chi connectivity index (χ4v) is 2.67. The van der Waals surface area contributed by atoms with Crippen LogP contribution in [0.2, 0.25) is 0 Å². The summed E-state index contributed by atoms with van der Waals surface area (Å²) < 4.78 is 41.2. The molecule has 0 spiro atoms. The molecule has 0 aliphatic rings. The van der Waals surface area contributed by atoms with E-state index < -0.39 is 22.3 Å². The molecule has 3 rings (SSSR count). The fourth-order valence-electron chi connectivity index (χ4n) is 2.67. The minimum absolute atomic E-state index is 0.0621. The van der Waals surface area contributed by atoms with Gasteiger partial charge in [0.25, 0.3) is 5.69 Å². The smallest absolute Gasteiger partial charge is 0.372 e. The van der Waals surface area contributed by atoms with Crippen LogP contribution < -0.4 is 0 Å². The Balaban J connectivity index is 2.32. The quantitative estimate of drug-likeness (QED) is 0.563.